The van der Waals surface area contributed by atoms with E-state index in [2.05, 4.69) is 4.98 Å². The molecular formula is C9H10N2O4S. The van der Waals surface area contributed by atoms with Crippen LogP contribution in [-0.4, -0.2) is 31.8 Å². The molecule has 0 aliphatic carbocycles. The van der Waals surface area contributed by atoms with Crippen molar-refractivity contribution in [2.45, 2.75) is 4.90 Å². The van der Waals surface area contributed by atoms with Crippen LogP contribution in [-0.2, 0) is 10.0 Å². The van der Waals surface area contributed by atoms with Gasteiger partial charge in [-0.25, -0.2) is 17.5 Å². The number of fused-ring (bicyclic) bond motifs is 1. The first-order chi connectivity index (χ1) is 7.41. The maximum Gasteiger partial charge on any atom is 0.417 e. The summed E-state index contributed by atoms with van der Waals surface area (Å²) in [7, 11) is -0.627. The number of aromatic nitrogens is 1. The van der Waals surface area contributed by atoms with Gasteiger partial charge in [0.25, 0.3) is 0 Å². The van der Waals surface area contributed by atoms with Crippen molar-refractivity contribution in [3.8, 4) is 0 Å². The predicted octanol–water partition coefficient (Wildman–Crippen LogP) is 0.371. The third kappa shape index (κ3) is 1.63. The van der Waals surface area contributed by atoms with Gasteiger partial charge in [-0.3, -0.25) is 4.98 Å². The number of hydrogen-bond acceptors (Lipinski definition) is 4. The van der Waals surface area contributed by atoms with Crippen LogP contribution in [0.1, 0.15) is 0 Å². The predicted molar refractivity (Wildman–Crippen MR) is 57.7 cm³/mol. The second-order valence-electron chi connectivity index (χ2n) is 3.46. The number of rotatable bonds is 2. The van der Waals surface area contributed by atoms with E-state index < -0.39 is 15.8 Å². The number of benzene rings is 1. The Hall–Kier alpha value is -1.60. The van der Waals surface area contributed by atoms with Gasteiger partial charge in [-0.05, 0) is 12.1 Å². The molecule has 6 nitrogen and oxygen atoms in total. The van der Waals surface area contributed by atoms with Crippen molar-refractivity contribution in [1.82, 2.24) is 9.29 Å². The van der Waals surface area contributed by atoms with Crippen molar-refractivity contribution >= 4 is 21.1 Å². The Bertz CT molecular complexity index is 681. The summed E-state index contributed by atoms with van der Waals surface area (Å²) in [6, 6.07) is 4.24. The quantitative estimate of drug-likeness (QED) is 0.824. The molecule has 1 aromatic heterocycles. The summed E-state index contributed by atoms with van der Waals surface area (Å²) in [6.07, 6.45) is 0. The van der Waals surface area contributed by atoms with E-state index in [9.17, 15) is 13.2 Å². The zero-order valence-electron chi connectivity index (χ0n) is 8.72. The summed E-state index contributed by atoms with van der Waals surface area (Å²) < 4.78 is 29.4. The number of aromatic amines is 1. The number of hydrogen-bond donors (Lipinski definition) is 1. The molecule has 7 heteroatoms. The summed E-state index contributed by atoms with van der Waals surface area (Å²) in [5, 5.41) is 0. The highest BCUT2D eigenvalue weighted by Gasteiger charge is 2.18. The topological polar surface area (TPSA) is 83.4 Å². The maximum atomic E-state index is 11.8. The molecule has 0 fully saturated rings. The summed E-state index contributed by atoms with van der Waals surface area (Å²) >= 11 is 0. The molecule has 1 heterocycles. The molecule has 0 atom stereocenters. The van der Waals surface area contributed by atoms with Crippen molar-refractivity contribution in [2.24, 2.45) is 0 Å². The Kier molecular flexibility index (Phi) is 2.36. The lowest BCUT2D eigenvalue weighted by Gasteiger charge is -2.10. The number of nitrogens with zero attached hydrogens (tertiary/aromatic N) is 1. The molecule has 0 unspecified atom stereocenters. The number of sulfonamides is 1. The molecule has 0 spiro atoms. The fraction of sp³-hybridized carbons (Fsp3) is 0.222. The van der Waals surface area contributed by atoms with Crippen LogP contribution in [0, 0.1) is 0 Å². The number of nitrogens with one attached hydrogen (secondary N) is 1. The Morgan fingerprint density at radius 3 is 2.62 bits per heavy atom. The fourth-order valence-electron chi connectivity index (χ4n) is 1.30. The van der Waals surface area contributed by atoms with E-state index in [1.54, 1.807) is 0 Å². The van der Waals surface area contributed by atoms with Gasteiger partial charge in [-0.2, -0.15) is 0 Å². The fourth-order valence-corrected chi connectivity index (χ4v) is 2.21. The van der Waals surface area contributed by atoms with Gasteiger partial charge in [0.2, 0.25) is 10.0 Å². The maximum absolute atomic E-state index is 11.8. The summed E-state index contributed by atoms with van der Waals surface area (Å²) in [4.78, 5) is 13.4. The second-order valence-corrected chi connectivity index (χ2v) is 5.61. The Balaban J connectivity index is 2.68. The highest BCUT2D eigenvalue weighted by Crippen LogP contribution is 2.18. The van der Waals surface area contributed by atoms with Crippen molar-refractivity contribution in [3.05, 3.63) is 28.7 Å². The van der Waals surface area contributed by atoms with E-state index >= 15 is 0 Å². The van der Waals surface area contributed by atoms with Gasteiger partial charge in [-0.1, -0.05) is 0 Å². The Morgan fingerprint density at radius 1 is 1.31 bits per heavy atom. The van der Waals surface area contributed by atoms with Crippen LogP contribution in [0.5, 0.6) is 0 Å². The molecule has 16 heavy (non-hydrogen) atoms. The summed E-state index contributed by atoms with van der Waals surface area (Å²) in [5.74, 6) is -0.602. The molecule has 0 amide bonds. The average Bonchev–Trinajstić information content (AvgIpc) is 2.56. The van der Waals surface area contributed by atoms with Gasteiger partial charge in [0, 0.05) is 20.2 Å². The minimum atomic E-state index is -3.50. The molecule has 0 aliphatic rings. The van der Waals surface area contributed by atoms with Crippen LogP contribution in [0.15, 0.2) is 32.3 Å². The molecule has 0 bridgehead atoms. The third-order valence-corrected chi connectivity index (χ3v) is 3.98. The first kappa shape index (κ1) is 10.9. The lowest BCUT2D eigenvalue weighted by molar-refractivity contribution is 0.519. The normalized spacial score (nSPS) is 12.4. The van der Waals surface area contributed by atoms with Gasteiger partial charge in [0.1, 0.15) is 0 Å². The first-order valence-corrected chi connectivity index (χ1v) is 5.90. The van der Waals surface area contributed by atoms with Crippen molar-refractivity contribution in [3.63, 3.8) is 0 Å². The first-order valence-electron chi connectivity index (χ1n) is 4.46. The molecule has 2 rings (SSSR count). The average molecular weight is 242 g/mol. The molecule has 0 radical (unpaired) electrons. The minimum absolute atomic E-state index is 0.0905. The van der Waals surface area contributed by atoms with Gasteiger partial charge in [-0.15, -0.1) is 0 Å². The highest BCUT2D eigenvalue weighted by atomic mass is 32.2. The monoisotopic (exact) mass is 242 g/mol. The molecule has 1 N–H and O–H groups in total. The third-order valence-electron chi connectivity index (χ3n) is 2.17. The van der Waals surface area contributed by atoms with E-state index in [0.29, 0.717) is 5.52 Å². The standard InChI is InChI=1S/C9H10N2O4S/c1-11(2)16(13,14)6-3-4-7-8(5-6)15-9(12)10-7/h3-5H,1-2H3,(H,10,12). The largest absolute Gasteiger partial charge is 0.417 e. The van der Waals surface area contributed by atoms with E-state index in [-0.39, 0.29) is 10.5 Å². The van der Waals surface area contributed by atoms with Crippen LogP contribution < -0.4 is 5.76 Å². The van der Waals surface area contributed by atoms with Crippen molar-refractivity contribution in [1.29, 1.82) is 0 Å². The van der Waals surface area contributed by atoms with E-state index in [0.717, 1.165) is 4.31 Å². The lowest BCUT2D eigenvalue weighted by atomic mass is 10.3. The van der Waals surface area contributed by atoms with Crippen molar-refractivity contribution in [2.75, 3.05) is 14.1 Å². The molecule has 2 aromatic rings. The molecule has 0 aliphatic heterocycles. The van der Waals surface area contributed by atoms with Crippen LogP contribution in [0.3, 0.4) is 0 Å². The van der Waals surface area contributed by atoms with Gasteiger partial charge in [0.05, 0.1) is 10.4 Å². The Morgan fingerprint density at radius 2 is 2.00 bits per heavy atom. The highest BCUT2D eigenvalue weighted by molar-refractivity contribution is 7.89. The van der Waals surface area contributed by atoms with Crippen molar-refractivity contribution < 1.29 is 12.8 Å². The lowest BCUT2D eigenvalue weighted by Crippen LogP contribution is -2.22. The van der Waals surface area contributed by atoms with E-state index in [4.69, 9.17) is 4.42 Å². The zero-order valence-corrected chi connectivity index (χ0v) is 9.54. The zero-order chi connectivity index (χ0) is 11.9. The minimum Gasteiger partial charge on any atom is -0.408 e. The molecular weight excluding hydrogens is 232 g/mol. The molecule has 1 aromatic carbocycles. The van der Waals surface area contributed by atoms with Crippen LogP contribution in [0.2, 0.25) is 0 Å². The van der Waals surface area contributed by atoms with E-state index in [1.165, 1.54) is 32.3 Å². The van der Waals surface area contributed by atoms with Gasteiger partial charge >= 0.3 is 5.76 Å². The molecule has 0 saturated heterocycles. The molecule has 0 saturated carbocycles. The van der Waals surface area contributed by atoms with Gasteiger partial charge in [0.15, 0.2) is 5.58 Å². The van der Waals surface area contributed by atoms with E-state index in [1.807, 2.05) is 0 Å². The smallest absolute Gasteiger partial charge is 0.408 e. The summed E-state index contributed by atoms with van der Waals surface area (Å²) in [5.41, 5.74) is 0.704. The number of oxazole rings is 1. The molecule has 86 valence electrons. The van der Waals surface area contributed by atoms with Crippen LogP contribution >= 0.6 is 0 Å². The summed E-state index contributed by atoms with van der Waals surface area (Å²) in [6.45, 7) is 0. The number of H-pyrrole nitrogens is 1. The van der Waals surface area contributed by atoms with Crippen LogP contribution in [0.4, 0.5) is 0 Å². The Labute approximate surface area is 91.5 Å². The van der Waals surface area contributed by atoms with Gasteiger partial charge < -0.3 is 4.42 Å². The second kappa shape index (κ2) is 3.46. The van der Waals surface area contributed by atoms with Crippen LogP contribution in [0.25, 0.3) is 11.1 Å². The SMILES string of the molecule is CN(C)S(=O)(=O)c1ccc2[nH]c(=O)oc2c1.